The maximum Gasteiger partial charge on any atom is 0.242 e. The fourth-order valence-corrected chi connectivity index (χ4v) is 4.88. The lowest BCUT2D eigenvalue weighted by Crippen LogP contribution is -2.23. The number of carbonyl (C=O) groups excluding carboxylic acids is 1. The topological polar surface area (TPSA) is 110 Å². The van der Waals surface area contributed by atoms with E-state index in [2.05, 4.69) is 29.4 Å². The van der Waals surface area contributed by atoms with Gasteiger partial charge in [0.05, 0.1) is 16.9 Å². The van der Waals surface area contributed by atoms with Gasteiger partial charge in [-0.05, 0) is 42.7 Å². The highest BCUT2D eigenvalue weighted by Gasteiger charge is 2.21. The van der Waals surface area contributed by atoms with E-state index in [-0.39, 0.29) is 16.6 Å². The molecule has 32 heavy (non-hydrogen) atoms. The number of nitrogens with one attached hydrogen (secondary N) is 1. The van der Waals surface area contributed by atoms with E-state index in [9.17, 15) is 13.2 Å². The molecule has 0 unspecified atom stereocenters. The van der Waals surface area contributed by atoms with Crippen LogP contribution in [0.2, 0.25) is 0 Å². The summed E-state index contributed by atoms with van der Waals surface area (Å²) in [7, 11) is -0.664. The zero-order valence-electron chi connectivity index (χ0n) is 18.7. The van der Waals surface area contributed by atoms with Gasteiger partial charge in [-0.2, -0.15) is 0 Å². The van der Waals surface area contributed by atoms with E-state index in [4.69, 9.17) is 4.42 Å². The number of furan rings is 1. The Labute approximate surface area is 192 Å². The highest BCUT2D eigenvalue weighted by Crippen LogP contribution is 2.26. The zero-order valence-corrected chi connectivity index (χ0v) is 20.3. The highest BCUT2D eigenvalue weighted by atomic mass is 32.2. The van der Waals surface area contributed by atoms with Gasteiger partial charge in [-0.15, -0.1) is 10.2 Å². The Bertz CT molecular complexity index is 1190. The first-order chi connectivity index (χ1) is 15.1. The molecule has 2 aromatic heterocycles. The van der Waals surface area contributed by atoms with Gasteiger partial charge in [-0.3, -0.25) is 9.36 Å². The van der Waals surface area contributed by atoms with Gasteiger partial charge >= 0.3 is 0 Å². The van der Waals surface area contributed by atoms with Gasteiger partial charge < -0.3 is 9.73 Å². The average molecular weight is 478 g/mol. The molecule has 0 radical (unpaired) electrons. The lowest BCUT2D eigenvalue weighted by Gasteiger charge is -2.15. The van der Waals surface area contributed by atoms with Gasteiger partial charge in [-0.25, -0.2) is 12.7 Å². The number of nitrogens with zero attached hydrogens (tertiary/aromatic N) is 4. The number of anilines is 1. The van der Waals surface area contributed by atoms with Crippen LogP contribution in [0.15, 0.2) is 51.1 Å². The van der Waals surface area contributed by atoms with Gasteiger partial charge in [0.15, 0.2) is 16.7 Å². The van der Waals surface area contributed by atoms with Crippen molar-refractivity contribution < 1.29 is 17.6 Å². The highest BCUT2D eigenvalue weighted by molar-refractivity contribution is 7.99. The third-order valence-corrected chi connectivity index (χ3v) is 7.49. The molecule has 0 saturated heterocycles. The molecule has 3 rings (SSSR count). The Kier molecular flexibility index (Phi) is 7.42. The molecule has 0 aliphatic carbocycles. The summed E-state index contributed by atoms with van der Waals surface area (Å²) >= 11 is 1.26. The number of thioether (sulfide) groups is 1. The van der Waals surface area contributed by atoms with Crippen LogP contribution in [0.1, 0.15) is 19.4 Å². The van der Waals surface area contributed by atoms with E-state index in [1.165, 1.54) is 31.9 Å². The number of aromatic nitrogens is 3. The number of aryl methyl sites for hydroxylation is 1. The van der Waals surface area contributed by atoms with Gasteiger partial charge in [0, 0.05) is 26.3 Å². The summed E-state index contributed by atoms with van der Waals surface area (Å²) in [6.45, 7) is 6.57. The summed E-state index contributed by atoms with van der Waals surface area (Å²) in [4.78, 5) is 12.7. The Morgan fingerprint density at radius 2 is 2.00 bits per heavy atom. The summed E-state index contributed by atoms with van der Waals surface area (Å²) in [5, 5.41) is 11.8. The lowest BCUT2D eigenvalue weighted by molar-refractivity contribution is -0.113. The van der Waals surface area contributed by atoms with Crippen LogP contribution in [0.4, 0.5) is 5.69 Å². The molecular formula is C21H27N5O4S2. The summed E-state index contributed by atoms with van der Waals surface area (Å²) < 4.78 is 33.6. The fourth-order valence-electron chi connectivity index (χ4n) is 2.99. The largest absolute Gasteiger partial charge is 0.461 e. The molecule has 0 aliphatic rings. The molecule has 0 aliphatic heterocycles. The predicted molar refractivity (Wildman–Crippen MR) is 124 cm³/mol. The monoisotopic (exact) mass is 477 g/mol. The molecule has 11 heteroatoms. The van der Waals surface area contributed by atoms with Gasteiger partial charge in [0.25, 0.3) is 0 Å². The van der Waals surface area contributed by atoms with Crippen LogP contribution < -0.4 is 5.32 Å². The van der Waals surface area contributed by atoms with Crippen LogP contribution in [-0.4, -0.2) is 53.2 Å². The molecule has 1 aromatic carbocycles. The number of amides is 1. The van der Waals surface area contributed by atoms with E-state index in [1.807, 2.05) is 10.6 Å². The van der Waals surface area contributed by atoms with E-state index < -0.39 is 10.0 Å². The molecule has 1 N–H and O–H groups in total. The summed E-state index contributed by atoms with van der Waals surface area (Å²) in [5.74, 6) is 1.40. The molecule has 3 aromatic rings. The van der Waals surface area contributed by atoms with Crippen LogP contribution in [0.25, 0.3) is 11.6 Å². The zero-order chi connectivity index (χ0) is 23.5. The Morgan fingerprint density at radius 3 is 2.62 bits per heavy atom. The molecule has 9 nitrogen and oxygen atoms in total. The second-order valence-corrected chi connectivity index (χ2v) is 11.0. The fraction of sp³-hybridized carbons (Fsp3) is 0.381. The van der Waals surface area contributed by atoms with E-state index in [0.717, 1.165) is 4.31 Å². The van der Waals surface area contributed by atoms with Gasteiger partial charge in [-0.1, -0.05) is 31.7 Å². The lowest BCUT2D eigenvalue weighted by atomic mass is 10.2. The van der Waals surface area contributed by atoms with Crippen molar-refractivity contribution in [1.29, 1.82) is 0 Å². The van der Waals surface area contributed by atoms with Crippen molar-refractivity contribution in [2.24, 2.45) is 5.92 Å². The van der Waals surface area contributed by atoms with Crippen LogP contribution >= 0.6 is 11.8 Å². The molecule has 0 saturated carbocycles. The van der Waals surface area contributed by atoms with Crippen LogP contribution in [0, 0.1) is 12.8 Å². The first-order valence-electron chi connectivity index (χ1n) is 10.0. The molecule has 0 spiro atoms. The number of sulfonamides is 1. The normalized spacial score (nSPS) is 12.0. The third-order valence-electron chi connectivity index (χ3n) is 4.57. The minimum absolute atomic E-state index is 0.0953. The molecular weight excluding hydrogens is 450 g/mol. The van der Waals surface area contributed by atoms with Crippen LogP contribution in [0.3, 0.4) is 0 Å². The Morgan fingerprint density at radius 1 is 1.25 bits per heavy atom. The molecule has 172 valence electrons. The van der Waals surface area contributed by atoms with E-state index in [1.54, 1.807) is 31.4 Å². The maximum atomic E-state index is 12.6. The number of hydrogen-bond donors (Lipinski definition) is 1. The summed E-state index contributed by atoms with van der Waals surface area (Å²) in [6, 6.07) is 8.44. The second-order valence-electron chi connectivity index (χ2n) is 7.89. The average Bonchev–Trinajstić information content (AvgIpc) is 3.37. The standard InChI is InChI=1S/C21H27N5O4S2/c1-14(2)12-26-20(17-7-6-10-30-17)23-24-21(26)31-13-19(27)22-16-9-8-15(3)18(11-16)32(28,29)25(4)5/h6-11,14H,12-13H2,1-5H3,(H,22,27). The molecule has 1 amide bonds. The summed E-state index contributed by atoms with van der Waals surface area (Å²) in [5.41, 5.74) is 1.03. The van der Waals surface area contributed by atoms with E-state index >= 15 is 0 Å². The minimum atomic E-state index is -3.61. The van der Waals surface area contributed by atoms with Crippen LogP contribution in [0.5, 0.6) is 0 Å². The van der Waals surface area contributed by atoms with Crippen molar-refractivity contribution >= 4 is 33.4 Å². The van der Waals surface area contributed by atoms with Gasteiger partial charge in [0.2, 0.25) is 15.9 Å². The summed E-state index contributed by atoms with van der Waals surface area (Å²) in [6.07, 6.45) is 1.58. The number of rotatable bonds is 9. The van der Waals surface area contributed by atoms with Crippen LogP contribution in [-0.2, 0) is 21.4 Å². The second kappa shape index (κ2) is 9.88. The van der Waals surface area contributed by atoms with E-state index in [0.29, 0.717) is 40.5 Å². The van der Waals surface area contributed by atoms with Crippen molar-refractivity contribution in [2.75, 3.05) is 25.2 Å². The molecule has 0 atom stereocenters. The first-order valence-corrected chi connectivity index (χ1v) is 12.4. The Balaban J connectivity index is 1.73. The maximum absolute atomic E-state index is 12.6. The van der Waals surface area contributed by atoms with Crippen molar-refractivity contribution in [3.05, 3.63) is 42.2 Å². The molecule has 2 heterocycles. The van der Waals surface area contributed by atoms with Crippen molar-refractivity contribution in [2.45, 2.75) is 37.4 Å². The minimum Gasteiger partial charge on any atom is -0.461 e. The van der Waals surface area contributed by atoms with Crippen molar-refractivity contribution in [3.63, 3.8) is 0 Å². The number of benzene rings is 1. The number of hydrogen-bond acceptors (Lipinski definition) is 7. The van der Waals surface area contributed by atoms with Crippen molar-refractivity contribution in [1.82, 2.24) is 19.1 Å². The van der Waals surface area contributed by atoms with Gasteiger partial charge in [0.1, 0.15) is 0 Å². The number of carbonyl (C=O) groups is 1. The first kappa shape index (κ1) is 24.0. The smallest absolute Gasteiger partial charge is 0.242 e. The SMILES string of the molecule is Cc1ccc(NC(=O)CSc2nnc(-c3ccco3)n2CC(C)C)cc1S(=O)(=O)N(C)C. The predicted octanol–water partition coefficient (Wildman–Crippen LogP) is 3.48. The van der Waals surface area contributed by atoms with Crippen molar-refractivity contribution in [3.8, 4) is 11.6 Å². The Hall–Kier alpha value is -2.63. The molecule has 0 bridgehead atoms. The third kappa shape index (κ3) is 5.40. The quantitative estimate of drug-likeness (QED) is 0.470. The molecule has 0 fully saturated rings.